The van der Waals surface area contributed by atoms with Gasteiger partial charge in [0, 0.05) is 6.42 Å². The van der Waals surface area contributed by atoms with Crippen molar-refractivity contribution in [3.63, 3.8) is 0 Å². The number of nitrogens with two attached hydrogens (primary N) is 1. The molecule has 0 aromatic rings. The first-order chi connectivity index (χ1) is 13.4. The van der Waals surface area contributed by atoms with Gasteiger partial charge in [-0.2, -0.15) is 0 Å². The highest BCUT2D eigenvalue weighted by molar-refractivity contribution is 4.87. The molecular formula is C25H52ClNO2. The van der Waals surface area contributed by atoms with Crippen molar-refractivity contribution in [2.45, 2.75) is 123 Å². The highest BCUT2D eigenvalue weighted by Crippen LogP contribution is 2.15. The number of hydrogen-bond donors (Lipinski definition) is 2. The Kier molecular flexibility index (Phi) is 24.2. The third kappa shape index (κ3) is 25.9. The quantitative estimate of drug-likeness (QED) is 0.216. The Balaban J connectivity index is 0. The van der Waals surface area contributed by atoms with E-state index in [-0.39, 0.29) is 18.5 Å². The van der Waals surface area contributed by atoms with Gasteiger partial charge in [0.2, 0.25) is 0 Å². The van der Waals surface area contributed by atoms with Crippen molar-refractivity contribution in [1.29, 1.82) is 0 Å². The SMILES string of the molecule is C=C(C)COC(CCCCCCCCCCCCC(C)C)CC[NH2+]CC(C)O.[Cl-]. The maximum Gasteiger partial charge on any atom is 0.102 e. The van der Waals surface area contributed by atoms with Crippen molar-refractivity contribution in [1.82, 2.24) is 0 Å². The highest BCUT2D eigenvalue weighted by atomic mass is 35.5. The summed E-state index contributed by atoms with van der Waals surface area (Å²) in [7, 11) is 0. The van der Waals surface area contributed by atoms with Crippen LogP contribution < -0.4 is 17.7 Å². The van der Waals surface area contributed by atoms with Crippen LogP contribution in [-0.2, 0) is 4.74 Å². The van der Waals surface area contributed by atoms with E-state index in [0.717, 1.165) is 37.4 Å². The lowest BCUT2D eigenvalue weighted by molar-refractivity contribution is -0.661. The average molecular weight is 434 g/mol. The molecule has 3 N–H and O–H groups in total. The topological polar surface area (TPSA) is 46.1 Å². The summed E-state index contributed by atoms with van der Waals surface area (Å²) in [5, 5.41) is 11.6. The summed E-state index contributed by atoms with van der Waals surface area (Å²) in [6.45, 7) is 15.0. The predicted octanol–water partition coefficient (Wildman–Crippen LogP) is 2.62. The normalized spacial score (nSPS) is 13.3. The number of aliphatic hydroxyl groups is 1. The molecule has 29 heavy (non-hydrogen) atoms. The molecule has 0 aliphatic carbocycles. The summed E-state index contributed by atoms with van der Waals surface area (Å²) in [4.78, 5) is 0. The van der Waals surface area contributed by atoms with Crippen molar-refractivity contribution in [3.8, 4) is 0 Å². The number of halogens is 1. The van der Waals surface area contributed by atoms with Crippen LogP contribution in [0.15, 0.2) is 12.2 Å². The van der Waals surface area contributed by atoms with Gasteiger partial charge >= 0.3 is 0 Å². The molecule has 0 aliphatic heterocycles. The van der Waals surface area contributed by atoms with Gasteiger partial charge in [0.15, 0.2) is 0 Å². The molecule has 0 fully saturated rings. The molecule has 0 radical (unpaired) electrons. The minimum absolute atomic E-state index is 0. The van der Waals surface area contributed by atoms with E-state index in [0.29, 0.717) is 12.7 Å². The number of rotatable bonds is 21. The van der Waals surface area contributed by atoms with Crippen molar-refractivity contribution >= 4 is 0 Å². The van der Waals surface area contributed by atoms with Gasteiger partial charge in [-0.25, -0.2) is 0 Å². The molecule has 0 saturated carbocycles. The molecular weight excluding hydrogens is 382 g/mol. The number of quaternary nitrogens is 1. The van der Waals surface area contributed by atoms with E-state index in [2.05, 4.69) is 25.7 Å². The minimum Gasteiger partial charge on any atom is -1.00 e. The van der Waals surface area contributed by atoms with Crippen LogP contribution in [0.2, 0.25) is 0 Å². The molecule has 0 spiro atoms. The summed E-state index contributed by atoms with van der Waals surface area (Å²) < 4.78 is 6.04. The van der Waals surface area contributed by atoms with Gasteiger partial charge in [0.1, 0.15) is 6.54 Å². The van der Waals surface area contributed by atoms with E-state index < -0.39 is 0 Å². The van der Waals surface area contributed by atoms with E-state index in [1.807, 2.05) is 13.8 Å². The molecule has 0 rings (SSSR count). The third-order valence-electron chi connectivity index (χ3n) is 5.32. The highest BCUT2D eigenvalue weighted by Gasteiger charge is 2.10. The number of unbranched alkanes of at least 4 members (excludes halogenated alkanes) is 9. The van der Waals surface area contributed by atoms with Crippen LogP contribution in [0.1, 0.15) is 111 Å². The van der Waals surface area contributed by atoms with E-state index in [1.165, 1.54) is 70.6 Å². The lowest BCUT2D eigenvalue weighted by Crippen LogP contribution is -3.00. The van der Waals surface area contributed by atoms with Crippen molar-refractivity contribution in [3.05, 3.63) is 12.2 Å². The van der Waals surface area contributed by atoms with E-state index in [1.54, 1.807) is 0 Å². The molecule has 0 aliphatic rings. The zero-order valence-electron chi connectivity index (χ0n) is 20.1. The molecule has 4 heteroatoms. The van der Waals surface area contributed by atoms with E-state index in [4.69, 9.17) is 4.74 Å². The molecule has 0 aromatic heterocycles. The Hall–Kier alpha value is -0.0900. The molecule has 0 amide bonds. The largest absolute Gasteiger partial charge is 1.00 e. The van der Waals surface area contributed by atoms with Crippen LogP contribution >= 0.6 is 0 Å². The second-order valence-corrected chi connectivity index (χ2v) is 9.35. The smallest absolute Gasteiger partial charge is 0.102 e. The molecule has 0 aromatic carbocycles. The Labute approximate surface area is 188 Å². The predicted molar refractivity (Wildman–Crippen MR) is 123 cm³/mol. The summed E-state index contributed by atoms with van der Waals surface area (Å²) in [5.74, 6) is 0.869. The van der Waals surface area contributed by atoms with Crippen LogP contribution in [0.5, 0.6) is 0 Å². The Morgan fingerprint density at radius 3 is 1.76 bits per heavy atom. The van der Waals surface area contributed by atoms with Gasteiger partial charge in [0.25, 0.3) is 0 Å². The van der Waals surface area contributed by atoms with Crippen LogP contribution in [0.3, 0.4) is 0 Å². The standard InChI is InChI=1S/C25H51NO2.ClH/c1-22(2)16-14-12-10-8-6-7-9-11-13-15-17-25(28-21-23(3)4)18-19-26-20-24(5)27;/h22,24-27H,3,6-21H2,1-2,4-5H3;1H. The molecule has 2 atom stereocenters. The second kappa shape index (κ2) is 22.6. The van der Waals surface area contributed by atoms with Gasteiger partial charge in [0.05, 0.1) is 25.4 Å². The third-order valence-corrected chi connectivity index (χ3v) is 5.32. The van der Waals surface area contributed by atoms with Gasteiger partial charge < -0.3 is 27.6 Å². The van der Waals surface area contributed by atoms with Gasteiger partial charge in [-0.05, 0) is 26.2 Å². The van der Waals surface area contributed by atoms with E-state index >= 15 is 0 Å². The van der Waals surface area contributed by atoms with Crippen LogP contribution in [0.4, 0.5) is 0 Å². The summed E-state index contributed by atoms with van der Waals surface area (Å²) in [6.07, 6.45) is 17.6. The first kappa shape index (κ1) is 31.1. The Morgan fingerprint density at radius 2 is 1.31 bits per heavy atom. The fourth-order valence-electron chi connectivity index (χ4n) is 3.57. The molecule has 0 saturated heterocycles. The average Bonchev–Trinajstić information content (AvgIpc) is 2.62. The van der Waals surface area contributed by atoms with E-state index in [9.17, 15) is 5.11 Å². The fourth-order valence-corrected chi connectivity index (χ4v) is 3.57. The maximum absolute atomic E-state index is 9.36. The number of ether oxygens (including phenoxy) is 1. The maximum atomic E-state index is 9.36. The van der Waals surface area contributed by atoms with Gasteiger partial charge in [-0.15, -0.1) is 0 Å². The summed E-state index contributed by atoms with van der Waals surface area (Å²) >= 11 is 0. The molecule has 176 valence electrons. The van der Waals surface area contributed by atoms with Crippen LogP contribution in [0.25, 0.3) is 0 Å². The molecule has 2 unspecified atom stereocenters. The number of aliphatic hydroxyl groups excluding tert-OH is 1. The number of hydrogen-bond acceptors (Lipinski definition) is 2. The Morgan fingerprint density at radius 1 is 0.828 bits per heavy atom. The zero-order chi connectivity index (χ0) is 21.0. The van der Waals surface area contributed by atoms with Crippen molar-refractivity contribution < 1.29 is 27.6 Å². The summed E-state index contributed by atoms with van der Waals surface area (Å²) in [6, 6.07) is 0. The summed E-state index contributed by atoms with van der Waals surface area (Å²) in [5.41, 5.74) is 1.10. The molecule has 0 heterocycles. The van der Waals surface area contributed by atoms with Crippen LogP contribution in [-0.4, -0.2) is 37.0 Å². The Bertz CT molecular complexity index is 348. The second-order valence-electron chi connectivity index (χ2n) is 9.35. The zero-order valence-corrected chi connectivity index (χ0v) is 20.8. The van der Waals surface area contributed by atoms with Crippen molar-refractivity contribution in [2.24, 2.45) is 5.92 Å². The first-order valence-corrected chi connectivity index (χ1v) is 12.2. The first-order valence-electron chi connectivity index (χ1n) is 12.2. The lowest BCUT2D eigenvalue weighted by atomic mass is 10.0. The fraction of sp³-hybridized carbons (Fsp3) is 0.920. The monoisotopic (exact) mass is 433 g/mol. The van der Waals surface area contributed by atoms with Crippen LogP contribution in [0, 0.1) is 5.92 Å². The molecule has 3 nitrogen and oxygen atoms in total. The lowest BCUT2D eigenvalue weighted by Gasteiger charge is -2.17. The molecule has 0 bridgehead atoms. The van der Waals surface area contributed by atoms with Crippen molar-refractivity contribution in [2.75, 3.05) is 19.7 Å². The van der Waals surface area contributed by atoms with Gasteiger partial charge in [-0.1, -0.05) is 96.6 Å². The minimum atomic E-state index is -0.227. The van der Waals surface area contributed by atoms with Gasteiger partial charge in [-0.3, -0.25) is 0 Å².